The van der Waals surface area contributed by atoms with Crippen LogP contribution in [0.3, 0.4) is 0 Å². The van der Waals surface area contributed by atoms with Crippen LogP contribution in [0.1, 0.15) is 49.5 Å². The van der Waals surface area contributed by atoms with Crippen molar-refractivity contribution in [3.8, 4) is 0 Å². The van der Waals surface area contributed by atoms with E-state index in [0.717, 1.165) is 30.0 Å². The topological polar surface area (TPSA) is 75.2 Å². The summed E-state index contributed by atoms with van der Waals surface area (Å²) in [5.74, 6) is -0.162. The molecule has 1 atom stereocenters. The maximum atomic E-state index is 13.0. The number of carbonyl (C=O) groups is 2. The third-order valence-electron chi connectivity index (χ3n) is 4.58. The molecule has 0 aliphatic carbocycles. The largest absolute Gasteiger partial charge is 0.331 e. The van der Waals surface area contributed by atoms with Crippen LogP contribution in [-0.2, 0) is 0 Å². The first kappa shape index (κ1) is 17.8. The molecule has 0 aromatic carbocycles. The number of hydrogen-bond donors (Lipinski definition) is 1. The maximum absolute atomic E-state index is 13.0. The van der Waals surface area contributed by atoms with E-state index < -0.39 is 0 Å². The van der Waals surface area contributed by atoms with Gasteiger partial charge < -0.3 is 4.90 Å². The summed E-state index contributed by atoms with van der Waals surface area (Å²) in [6.45, 7) is 2.57. The molecule has 1 aliphatic heterocycles. The van der Waals surface area contributed by atoms with E-state index >= 15 is 0 Å². The Kier molecular flexibility index (Phi) is 5.00. The van der Waals surface area contributed by atoms with Crippen molar-refractivity contribution in [2.45, 2.75) is 25.8 Å². The van der Waals surface area contributed by atoms with E-state index in [1.165, 1.54) is 22.7 Å². The van der Waals surface area contributed by atoms with E-state index in [0.29, 0.717) is 15.6 Å². The smallest absolute Gasteiger partial charge is 0.267 e. The van der Waals surface area contributed by atoms with Crippen LogP contribution < -0.4 is 5.32 Å². The molecule has 0 spiro atoms. The van der Waals surface area contributed by atoms with Crippen LogP contribution in [0.25, 0.3) is 0 Å². The van der Waals surface area contributed by atoms with Crippen LogP contribution >= 0.6 is 22.7 Å². The molecule has 0 unspecified atom stereocenters. The van der Waals surface area contributed by atoms with Crippen molar-refractivity contribution in [2.24, 2.45) is 0 Å². The Morgan fingerprint density at radius 1 is 1.22 bits per heavy atom. The predicted molar refractivity (Wildman–Crippen MR) is 106 cm³/mol. The highest BCUT2D eigenvalue weighted by atomic mass is 32.1. The van der Waals surface area contributed by atoms with Gasteiger partial charge in [0.15, 0.2) is 5.13 Å². The maximum Gasteiger partial charge on any atom is 0.267 e. The summed E-state index contributed by atoms with van der Waals surface area (Å²) in [7, 11) is 0. The zero-order valence-corrected chi connectivity index (χ0v) is 16.3. The average Bonchev–Trinajstić information content (AvgIpc) is 3.41. The van der Waals surface area contributed by atoms with E-state index in [9.17, 15) is 9.59 Å². The zero-order valence-electron chi connectivity index (χ0n) is 14.7. The normalized spacial score (nSPS) is 16.5. The number of nitrogens with zero attached hydrogens (tertiary/aromatic N) is 3. The molecule has 1 saturated heterocycles. The first-order valence-corrected chi connectivity index (χ1v) is 10.4. The minimum atomic E-state index is -0.167. The third kappa shape index (κ3) is 3.63. The van der Waals surface area contributed by atoms with Crippen molar-refractivity contribution in [2.75, 3.05) is 11.9 Å². The van der Waals surface area contributed by atoms with Crippen LogP contribution in [0, 0.1) is 6.92 Å². The number of pyridine rings is 1. The first-order valence-electron chi connectivity index (χ1n) is 8.66. The van der Waals surface area contributed by atoms with Crippen molar-refractivity contribution in [3.63, 3.8) is 0 Å². The molecule has 3 aromatic heterocycles. The average molecular weight is 399 g/mol. The highest BCUT2D eigenvalue weighted by Gasteiger charge is 2.32. The molecule has 4 rings (SSSR count). The summed E-state index contributed by atoms with van der Waals surface area (Å²) in [6.07, 6.45) is 5.20. The lowest BCUT2D eigenvalue weighted by molar-refractivity contribution is 0.0736. The monoisotopic (exact) mass is 398 g/mol. The van der Waals surface area contributed by atoms with Gasteiger partial charge in [-0.3, -0.25) is 19.9 Å². The Morgan fingerprint density at radius 3 is 2.89 bits per heavy atom. The number of likely N-dealkylation sites (tertiary alicyclic amines) is 1. The lowest BCUT2D eigenvalue weighted by Crippen LogP contribution is -2.30. The van der Waals surface area contributed by atoms with Gasteiger partial charge in [-0.2, -0.15) is 0 Å². The summed E-state index contributed by atoms with van der Waals surface area (Å²) >= 11 is 2.82. The molecule has 0 saturated carbocycles. The van der Waals surface area contributed by atoms with E-state index in [2.05, 4.69) is 15.3 Å². The summed E-state index contributed by atoms with van der Waals surface area (Å²) in [6, 6.07) is 7.38. The highest BCUT2D eigenvalue weighted by molar-refractivity contribution is 7.15. The zero-order chi connectivity index (χ0) is 18.8. The highest BCUT2D eigenvalue weighted by Crippen LogP contribution is 2.37. The number of anilines is 1. The predicted octanol–water partition coefficient (Wildman–Crippen LogP) is 4.14. The summed E-state index contributed by atoms with van der Waals surface area (Å²) in [5.41, 5.74) is 1.38. The number of hydrogen-bond acceptors (Lipinski definition) is 6. The van der Waals surface area contributed by atoms with Crippen molar-refractivity contribution in [1.82, 2.24) is 14.9 Å². The molecule has 0 radical (unpaired) electrons. The molecule has 2 amide bonds. The van der Waals surface area contributed by atoms with Gasteiger partial charge in [-0.05, 0) is 44.0 Å². The molecule has 27 heavy (non-hydrogen) atoms. The van der Waals surface area contributed by atoms with Crippen LogP contribution in [0.4, 0.5) is 5.13 Å². The van der Waals surface area contributed by atoms with Gasteiger partial charge in [-0.25, -0.2) is 4.98 Å². The standard InChI is InChI=1S/C19H18N4O2S2/c1-12-13(4-2-8-20-12)18(25)23-10-3-5-14(23)15-6-7-16(27-15)17(24)22-19-21-9-11-26-19/h2,4,6-9,11,14H,3,5,10H2,1H3,(H,21,22,24)/t14-/m1/s1. The van der Waals surface area contributed by atoms with Gasteiger partial charge in [0.1, 0.15) is 0 Å². The first-order chi connectivity index (χ1) is 13.1. The number of thiazole rings is 1. The Balaban J connectivity index is 1.53. The number of aromatic nitrogens is 2. The quantitative estimate of drug-likeness (QED) is 0.717. The molecule has 1 fully saturated rings. The SMILES string of the molecule is Cc1ncccc1C(=O)N1CCC[C@@H]1c1ccc(C(=O)Nc2nccs2)s1. The van der Waals surface area contributed by atoms with E-state index in [1.54, 1.807) is 18.5 Å². The minimum Gasteiger partial charge on any atom is -0.331 e. The van der Waals surface area contributed by atoms with Crippen LogP contribution in [0.15, 0.2) is 42.0 Å². The Labute approximate surface area is 164 Å². The van der Waals surface area contributed by atoms with E-state index in [-0.39, 0.29) is 17.9 Å². The molecule has 8 heteroatoms. The van der Waals surface area contributed by atoms with Gasteiger partial charge in [0, 0.05) is 34.9 Å². The van der Waals surface area contributed by atoms with Crippen molar-refractivity contribution in [3.05, 3.63) is 63.1 Å². The molecule has 4 heterocycles. The molecular formula is C19H18N4O2S2. The van der Waals surface area contributed by atoms with Gasteiger partial charge in [-0.1, -0.05) is 0 Å². The summed E-state index contributed by atoms with van der Waals surface area (Å²) in [5, 5.41) is 5.20. The molecule has 1 N–H and O–H groups in total. The fourth-order valence-electron chi connectivity index (χ4n) is 3.27. The van der Waals surface area contributed by atoms with Crippen molar-refractivity contribution in [1.29, 1.82) is 0 Å². The van der Waals surface area contributed by atoms with Crippen molar-refractivity contribution >= 4 is 39.6 Å². The second-order valence-corrected chi connectivity index (χ2v) is 8.30. The number of thiophene rings is 1. The number of rotatable bonds is 4. The lowest BCUT2D eigenvalue weighted by Gasteiger charge is -2.24. The second kappa shape index (κ2) is 7.58. The van der Waals surface area contributed by atoms with E-state index in [1.807, 2.05) is 35.4 Å². The van der Waals surface area contributed by atoms with Gasteiger partial charge in [0.2, 0.25) is 0 Å². The Morgan fingerprint density at radius 2 is 2.11 bits per heavy atom. The molecule has 138 valence electrons. The fourth-order valence-corrected chi connectivity index (χ4v) is 4.84. The fraction of sp³-hybridized carbons (Fsp3) is 0.263. The molecule has 6 nitrogen and oxygen atoms in total. The summed E-state index contributed by atoms with van der Waals surface area (Å²) < 4.78 is 0. The minimum absolute atomic E-state index is 0.00326. The van der Waals surface area contributed by atoms with Crippen LogP contribution in [0.2, 0.25) is 0 Å². The third-order valence-corrected chi connectivity index (χ3v) is 6.46. The van der Waals surface area contributed by atoms with Gasteiger partial charge in [0.05, 0.1) is 16.5 Å². The number of amides is 2. The molecule has 0 bridgehead atoms. The molecular weight excluding hydrogens is 380 g/mol. The van der Waals surface area contributed by atoms with Crippen molar-refractivity contribution < 1.29 is 9.59 Å². The lowest BCUT2D eigenvalue weighted by atomic mass is 10.1. The second-order valence-electron chi connectivity index (χ2n) is 6.29. The van der Waals surface area contributed by atoms with Gasteiger partial charge >= 0.3 is 0 Å². The summed E-state index contributed by atoms with van der Waals surface area (Å²) in [4.78, 5) is 37.3. The Hall–Kier alpha value is -2.58. The number of nitrogens with one attached hydrogen (secondary N) is 1. The Bertz CT molecular complexity index is 968. The van der Waals surface area contributed by atoms with E-state index in [4.69, 9.17) is 0 Å². The van der Waals surface area contributed by atoms with Crippen LogP contribution in [-0.4, -0.2) is 33.2 Å². The molecule has 1 aliphatic rings. The number of carbonyl (C=O) groups excluding carboxylic acids is 2. The van der Waals surface area contributed by atoms with Crippen LogP contribution in [0.5, 0.6) is 0 Å². The molecule has 3 aromatic rings. The van der Waals surface area contributed by atoms with Gasteiger partial charge in [-0.15, -0.1) is 22.7 Å². The number of aryl methyl sites for hydroxylation is 1. The van der Waals surface area contributed by atoms with Gasteiger partial charge in [0.25, 0.3) is 11.8 Å².